The second-order valence-electron chi connectivity index (χ2n) is 6.20. The van der Waals surface area contributed by atoms with Crippen molar-refractivity contribution in [3.8, 4) is 5.75 Å². The first-order valence-electron chi connectivity index (χ1n) is 8.62. The fourth-order valence-corrected chi connectivity index (χ4v) is 3.50. The Morgan fingerprint density at radius 2 is 1.61 bits per heavy atom. The number of para-hydroxylation sites is 1. The molecule has 28 heavy (non-hydrogen) atoms. The molecule has 4 rings (SSSR count). The van der Waals surface area contributed by atoms with Crippen molar-refractivity contribution in [1.29, 1.82) is 0 Å². The van der Waals surface area contributed by atoms with Crippen LogP contribution < -0.4 is 15.0 Å². The predicted molar refractivity (Wildman–Crippen MR) is 113 cm³/mol. The fraction of sp³-hybridized carbons (Fsp3) is 0.0455. The zero-order valence-corrected chi connectivity index (χ0v) is 15.8. The van der Waals surface area contributed by atoms with Gasteiger partial charge in [-0.15, -0.1) is 0 Å². The van der Waals surface area contributed by atoms with Gasteiger partial charge < -0.3 is 4.74 Å². The Balaban J connectivity index is 1.83. The van der Waals surface area contributed by atoms with Crippen LogP contribution in [-0.2, 0) is 9.59 Å². The Morgan fingerprint density at radius 3 is 2.32 bits per heavy atom. The summed E-state index contributed by atoms with van der Waals surface area (Å²) in [6, 6.07) is 20.3. The van der Waals surface area contributed by atoms with Crippen LogP contribution in [0.4, 0.5) is 5.69 Å². The molecule has 2 amide bonds. The van der Waals surface area contributed by atoms with E-state index in [0.717, 1.165) is 22.1 Å². The topological polar surface area (TPSA) is 58.6 Å². The number of rotatable bonds is 3. The summed E-state index contributed by atoms with van der Waals surface area (Å²) in [7, 11) is 1.61. The zero-order chi connectivity index (χ0) is 19.7. The van der Waals surface area contributed by atoms with Gasteiger partial charge in [-0.3, -0.25) is 19.8 Å². The molecule has 0 bridgehead atoms. The van der Waals surface area contributed by atoms with Gasteiger partial charge in [0.15, 0.2) is 5.11 Å². The zero-order valence-electron chi connectivity index (χ0n) is 15.0. The van der Waals surface area contributed by atoms with E-state index in [2.05, 4.69) is 5.32 Å². The molecule has 3 aromatic rings. The fourth-order valence-electron chi connectivity index (χ4n) is 3.22. The molecule has 1 N–H and O–H groups in total. The standard InChI is InChI=1S/C22H16N2O3S/c1-27-19-12-11-14(16-9-5-6-10-17(16)19)13-18-20(25)23-22(28)24(21(18)26)15-7-3-2-4-8-15/h2-13H,1H3,(H,23,25,28). The minimum absolute atomic E-state index is 0.0211. The quantitative estimate of drug-likeness (QED) is 0.422. The van der Waals surface area contributed by atoms with E-state index in [9.17, 15) is 9.59 Å². The van der Waals surface area contributed by atoms with Crippen LogP contribution in [0.3, 0.4) is 0 Å². The molecule has 1 fully saturated rings. The van der Waals surface area contributed by atoms with E-state index >= 15 is 0 Å². The number of hydrogen-bond donors (Lipinski definition) is 1. The third-order valence-corrected chi connectivity index (χ3v) is 4.84. The van der Waals surface area contributed by atoms with Gasteiger partial charge in [0.1, 0.15) is 11.3 Å². The lowest BCUT2D eigenvalue weighted by Gasteiger charge is -2.28. The summed E-state index contributed by atoms with van der Waals surface area (Å²) in [5.74, 6) is -0.244. The smallest absolute Gasteiger partial charge is 0.270 e. The minimum Gasteiger partial charge on any atom is -0.496 e. The Labute approximate surface area is 167 Å². The Kier molecular flexibility index (Phi) is 4.63. The van der Waals surface area contributed by atoms with E-state index in [1.54, 1.807) is 25.3 Å². The highest BCUT2D eigenvalue weighted by Gasteiger charge is 2.34. The monoisotopic (exact) mass is 388 g/mol. The molecule has 6 heteroatoms. The van der Waals surface area contributed by atoms with Gasteiger partial charge >= 0.3 is 0 Å². The first kappa shape index (κ1) is 17.9. The lowest BCUT2D eigenvalue weighted by Crippen LogP contribution is -2.54. The van der Waals surface area contributed by atoms with Crippen LogP contribution in [0.25, 0.3) is 16.8 Å². The second kappa shape index (κ2) is 7.25. The molecule has 0 spiro atoms. The first-order chi connectivity index (χ1) is 13.6. The Bertz CT molecular complexity index is 1140. The maximum absolute atomic E-state index is 13.1. The summed E-state index contributed by atoms with van der Waals surface area (Å²) in [4.78, 5) is 26.9. The highest BCUT2D eigenvalue weighted by Crippen LogP contribution is 2.30. The number of carbonyl (C=O) groups is 2. The second-order valence-corrected chi connectivity index (χ2v) is 6.58. The first-order valence-corrected chi connectivity index (χ1v) is 9.03. The molecule has 1 heterocycles. The van der Waals surface area contributed by atoms with Gasteiger partial charge in [-0.1, -0.05) is 48.5 Å². The SMILES string of the molecule is COc1ccc(C=C2C(=O)NC(=S)N(c3ccccc3)C2=O)c2ccccc12. The van der Waals surface area contributed by atoms with E-state index in [0.29, 0.717) is 5.69 Å². The number of nitrogens with one attached hydrogen (secondary N) is 1. The van der Waals surface area contributed by atoms with Crippen molar-refractivity contribution in [3.63, 3.8) is 0 Å². The maximum atomic E-state index is 13.1. The average molecular weight is 388 g/mol. The molecule has 0 unspecified atom stereocenters. The summed E-state index contributed by atoms with van der Waals surface area (Å²) < 4.78 is 5.41. The van der Waals surface area contributed by atoms with E-state index in [-0.39, 0.29) is 10.7 Å². The maximum Gasteiger partial charge on any atom is 0.270 e. The summed E-state index contributed by atoms with van der Waals surface area (Å²) in [6.07, 6.45) is 1.59. The van der Waals surface area contributed by atoms with E-state index < -0.39 is 11.8 Å². The van der Waals surface area contributed by atoms with Gasteiger partial charge in [0, 0.05) is 5.39 Å². The minimum atomic E-state index is -0.512. The molecule has 0 aromatic heterocycles. The number of fused-ring (bicyclic) bond motifs is 1. The van der Waals surface area contributed by atoms with E-state index in [1.807, 2.05) is 54.6 Å². The van der Waals surface area contributed by atoms with Crippen molar-refractivity contribution >= 4 is 51.7 Å². The molecule has 0 saturated carbocycles. The van der Waals surface area contributed by atoms with Gasteiger partial charge in [-0.2, -0.15) is 0 Å². The lowest BCUT2D eigenvalue weighted by atomic mass is 10.00. The van der Waals surface area contributed by atoms with Crippen molar-refractivity contribution in [1.82, 2.24) is 5.32 Å². The lowest BCUT2D eigenvalue weighted by molar-refractivity contribution is -0.122. The normalized spacial score (nSPS) is 15.8. The molecule has 0 aliphatic carbocycles. The van der Waals surface area contributed by atoms with Crippen LogP contribution in [0.15, 0.2) is 72.3 Å². The van der Waals surface area contributed by atoms with Crippen LogP contribution in [0, 0.1) is 0 Å². The van der Waals surface area contributed by atoms with E-state index in [4.69, 9.17) is 17.0 Å². The van der Waals surface area contributed by atoms with Crippen LogP contribution in [0.1, 0.15) is 5.56 Å². The third kappa shape index (κ3) is 3.04. The van der Waals surface area contributed by atoms with E-state index in [1.165, 1.54) is 4.90 Å². The van der Waals surface area contributed by atoms with Crippen LogP contribution in [-0.4, -0.2) is 24.0 Å². The van der Waals surface area contributed by atoms with Gasteiger partial charge in [0.05, 0.1) is 12.8 Å². The number of anilines is 1. The molecule has 1 saturated heterocycles. The molecule has 5 nitrogen and oxygen atoms in total. The molecule has 1 aliphatic heterocycles. The van der Waals surface area contributed by atoms with Crippen molar-refractivity contribution < 1.29 is 14.3 Å². The molecule has 1 aliphatic rings. The number of ether oxygens (including phenoxy) is 1. The summed E-state index contributed by atoms with van der Waals surface area (Å²) in [5.41, 5.74) is 1.37. The van der Waals surface area contributed by atoms with Crippen LogP contribution in [0.2, 0.25) is 0 Å². The predicted octanol–water partition coefficient (Wildman–Crippen LogP) is 3.68. The van der Waals surface area contributed by atoms with Gasteiger partial charge in [-0.25, -0.2) is 0 Å². The van der Waals surface area contributed by atoms with Gasteiger partial charge in [-0.05, 0) is 47.4 Å². The third-order valence-electron chi connectivity index (χ3n) is 4.55. The number of hydrogen-bond acceptors (Lipinski definition) is 4. The molecule has 138 valence electrons. The molecular weight excluding hydrogens is 372 g/mol. The number of nitrogens with zero attached hydrogens (tertiary/aromatic N) is 1. The van der Waals surface area contributed by atoms with Crippen molar-refractivity contribution in [2.75, 3.05) is 12.0 Å². The molecule has 0 radical (unpaired) electrons. The summed E-state index contributed by atoms with van der Waals surface area (Å²) in [6.45, 7) is 0. The number of carbonyl (C=O) groups excluding carboxylic acids is 2. The molecule has 0 atom stereocenters. The van der Waals surface area contributed by atoms with Crippen molar-refractivity contribution in [3.05, 3.63) is 77.9 Å². The molecular formula is C22H16N2O3S. The number of benzene rings is 3. The Morgan fingerprint density at radius 1 is 0.929 bits per heavy atom. The highest BCUT2D eigenvalue weighted by molar-refractivity contribution is 7.80. The van der Waals surface area contributed by atoms with Gasteiger partial charge in [0.2, 0.25) is 0 Å². The van der Waals surface area contributed by atoms with Crippen LogP contribution >= 0.6 is 12.2 Å². The van der Waals surface area contributed by atoms with Crippen molar-refractivity contribution in [2.45, 2.75) is 0 Å². The number of thiocarbonyl (C=S) groups is 1. The average Bonchev–Trinajstić information content (AvgIpc) is 2.71. The number of methoxy groups -OCH3 is 1. The Hall–Kier alpha value is -3.51. The molecule has 3 aromatic carbocycles. The van der Waals surface area contributed by atoms with Crippen molar-refractivity contribution in [2.24, 2.45) is 0 Å². The number of amides is 2. The largest absolute Gasteiger partial charge is 0.496 e. The summed E-state index contributed by atoms with van der Waals surface area (Å²) in [5, 5.41) is 4.46. The van der Waals surface area contributed by atoms with Gasteiger partial charge in [0.25, 0.3) is 11.8 Å². The summed E-state index contributed by atoms with van der Waals surface area (Å²) >= 11 is 5.22. The highest BCUT2D eigenvalue weighted by atomic mass is 32.1. The van der Waals surface area contributed by atoms with Crippen LogP contribution in [0.5, 0.6) is 5.75 Å².